The summed E-state index contributed by atoms with van der Waals surface area (Å²) in [6, 6.07) is 14.7. The second kappa shape index (κ2) is 9.45. The fraction of sp³-hybridized carbons (Fsp3) is 0.167. The summed E-state index contributed by atoms with van der Waals surface area (Å²) in [7, 11) is 0. The Bertz CT molecular complexity index is 805. The number of carbonyl (C=O) groups excluding carboxylic acids is 2. The van der Waals surface area contributed by atoms with Crippen LogP contribution in [0.5, 0.6) is 0 Å². The maximum atomic E-state index is 13.1. The highest BCUT2D eigenvalue weighted by Gasteiger charge is 2.11. The van der Waals surface area contributed by atoms with Gasteiger partial charge in [-0.05, 0) is 29.8 Å². The van der Waals surface area contributed by atoms with Crippen LogP contribution in [0.3, 0.4) is 0 Å². The largest absolute Gasteiger partial charge is 0.455 e. The average molecular weight is 358 g/mol. The molecular formula is C18H15FN2O3S. The van der Waals surface area contributed by atoms with Crippen LogP contribution in [0.25, 0.3) is 0 Å². The van der Waals surface area contributed by atoms with E-state index in [-0.39, 0.29) is 12.2 Å². The molecule has 0 aliphatic heterocycles. The molecule has 2 aromatic rings. The third-order valence-electron chi connectivity index (χ3n) is 3.06. The summed E-state index contributed by atoms with van der Waals surface area (Å²) in [5.41, 5.74) is 1.03. The molecule has 2 aromatic carbocycles. The van der Waals surface area contributed by atoms with Crippen molar-refractivity contribution in [2.75, 3.05) is 17.7 Å². The predicted molar refractivity (Wildman–Crippen MR) is 92.5 cm³/mol. The number of nitriles is 1. The summed E-state index contributed by atoms with van der Waals surface area (Å²) in [4.78, 5) is 24.4. The van der Waals surface area contributed by atoms with Crippen molar-refractivity contribution in [1.82, 2.24) is 0 Å². The van der Waals surface area contributed by atoms with Gasteiger partial charge in [-0.25, -0.2) is 4.39 Å². The number of halogens is 1. The van der Waals surface area contributed by atoms with Gasteiger partial charge in [0.05, 0.1) is 23.9 Å². The van der Waals surface area contributed by atoms with E-state index < -0.39 is 24.3 Å². The minimum absolute atomic E-state index is 0.111. The van der Waals surface area contributed by atoms with E-state index in [1.54, 1.807) is 30.3 Å². The normalized spacial score (nSPS) is 9.92. The summed E-state index contributed by atoms with van der Waals surface area (Å²) >= 11 is 1.30. The highest BCUT2D eigenvalue weighted by molar-refractivity contribution is 7.99. The van der Waals surface area contributed by atoms with Crippen molar-refractivity contribution < 1.29 is 18.7 Å². The Morgan fingerprint density at radius 2 is 2.00 bits per heavy atom. The summed E-state index contributed by atoms with van der Waals surface area (Å²) in [6.45, 7) is -0.439. The van der Waals surface area contributed by atoms with Gasteiger partial charge < -0.3 is 10.1 Å². The zero-order valence-electron chi connectivity index (χ0n) is 13.2. The molecule has 0 fully saturated rings. The van der Waals surface area contributed by atoms with Crippen LogP contribution >= 0.6 is 11.8 Å². The maximum Gasteiger partial charge on any atom is 0.310 e. The Kier molecular flexibility index (Phi) is 6.99. The lowest BCUT2D eigenvalue weighted by molar-refractivity contribution is -0.146. The number of rotatable bonds is 7. The van der Waals surface area contributed by atoms with Gasteiger partial charge in [0, 0.05) is 4.90 Å². The molecule has 1 amide bonds. The average Bonchev–Trinajstić information content (AvgIpc) is 2.59. The topological polar surface area (TPSA) is 79.2 Å². The van der Waals surface area contributed by atoms with Gasteiger partial charge in [-0.1, -0.05) is 24.3 Å². The van der Waals surface area contributed by atoms with Crippen LogP contribution in [0.1, 0.15) is 5.56 Å². The van der Waals surface area contributed by atoms with Gasteiger partial charge in [-0.15, -0.1) is 11.8 Å². The van der Waals surface area contributed by atoms with Gasteiger partial charge in [-0.3, -0.25) is 9.59 Å². The van der Waals surface area contributed by atoms with E-state index in [1.165, 1.54) is 30.0 Å². The first-order chi connectivity index (χ1) is 12.1. The fourth-order valence-electron chi connectivity index (χ4n) is 2.00. The van der Waals surface area contributed by atoms with Crippen LogP contribution in [0.2, 0.25) is 0 Å². The van der Waals surface area contributed by atoms with Crippen molar-refractivity contribution in [2.24, 2.45) is 0 Å². The van der Waals surface area contributed by atoms with Crippen molar-refractivity contribution >= 4 is 29.3 Å². The Labute approximate surface area is 148 Å². The van der Waals surface area contributed by atoms with Crippen LogP contribution in [-0.2, 0) is 20.7 Å². The third-order valence-corrected chi connectivity index (χ3v) is 4.00. The molecule has 5 nitrogen and oxygen atoms in total. The highest BCUT2D eigenvalue weighted by Crippen LogP contribution is 2.26. The molecule has 0 aliphatic rings. The molecule has 0 unspecified atom stereocenters. The molecule has 128 valence electrons. The summed E-state index contributed by atoms with van der Waals surface area (Å²) in [6.07, 6.45) is -0.111. The Morgan fingerprint density at radius 1 is 1.20 bits per heavy atom. The maximum absolute atomic E-state index is 13.1. The summed E-state index contributed by atoms with van der Waals surface area (Å²) in [5, 5.41) is 11.3. The highest BCUT2D eigenvalue weighted by atomic mass is 32.2. The van der Waals surface area contributed by atoms with Crippen LogP contribution in [0, 0.1) is 17.1 Å². The molecule has 0 atom stereocenters. The lowest BCUT2D eigenvalue weighted by Crippen LogP contribution is -2.22. The quantitative estimate of drug-likeness (QED) is 0.607. The summed E-state index contributed by atoms with van der Waals surface area (Å²) in [5.74, 6) is -1.28. The van der Waals surface area contributed by atoms with E-state index >= 15 is 0 Å². The molecular weight excluding hydrogens is 343 g/mol. The number of benzene rings is 2. The van der Waals surface area contributed by atoms with E-state index in [0.717, 1.165) is 4.90 Å². The standard InChI is InChI=1S/C18H15FN2O3S/c19-14-5-3-4-13(10-14)11-18(23)24-12-17(22)21-15-6-1-2-7-16(15)25-9-8-20/h1-7,10H,9,11-12H2,(H,21,22). The number of nitrogens with one attached hydrogen (secondary N) is 1. The SMILES string of the molecule is N#CCSc1ccccc1NC(=O)COC(=O)Cc1cccc(F)c1. The van der Waals surface area contributed by atoms with Crippen LogP contribution in [-0.4, -0.2) is 24.2 Å². The minimum atomic E-state index is -0.618. The number of para-hydroxylation sites is 1. The zero-order chi connectivity index (χ0) is 18.1. The van der Waals surface area contributed by atoms with Gasteiger partial charge in [0.2, 0.25) is 0 Å². The van der Waals surface area contributed by atoms with E-state index in [4.69, 9.17) is 10.00 Å². The number of nitrogens with zero attached hydrogens (tertiary/aromatic N) is 1. The fourth-order valence-corrected chi connectivity index (χ4v) is 2.67. The lowest BCUT2D eigenvalue weighted by atomic mass is 10.1. The van der Waals surface area contributed by atoms with Gasteiger partial charge >= 0.3 is 5.97 Å². The van der Waals surface area contributed by atoms with Crippen LogP contribution in [0.15, 0.2) is 53.4 Å². The predicted octanol–water partition coefficient (Wildman–Crippen LogP) is 3.17. The first-order valence-corrected chi connectivity index (χ1v) is 8.35. The number of anilines is 1. The zero-order valence-corrected chi connectivity index (χ0v) is 14.0. The Balaban J connectivity index is 1.84. The lowest BCUT2D eigenvalue weighted by Gasteiger charge is -2.10. The van der Waals surface area contributed by atoms with E-state index in [9.17, 15) is 14.0 Å². The molecule has 0 bridgehead atoms. The van der Waals surface area contributed by atoms with E-state index in [1.807, 2.05) is 6.07 Å². The van der Waals surface area contributed by atoms with Gasteiger partial charge in [0.1, 0.15) is 5.82 Å². The molecule has 0 radical (unpaired) electrons. The van der Waals surface area contributed by atoms with Gasteiger partial charge in [-0.2, -0.15) is 5.26 Å². The smallest absolute Gasteiger partial charge is 0.310 e. The monoisotopic (exact) mass is 358 g/mol. The molecule has 0 aromatic heterocycles. The van der Waals surface area contributed by atoms with Gasteiger partial charge in [0.25, 0.3) is 5.91 Å². The van der Waals surface area contributed by atoms with Crippen molar-refractivity contribution in [1.29, 1.82) is 5.26 Å². The van der Waals surface area contributed by atoms with E-state index in [0.29, 0.717) is 11.3 Å². The molecule has 1 N–H and O–H groups in total. The number of thioether (sulfide) groups is 1. The van der Waals surface area contributed by atoms with E-state index in [2.05, 4.69) is 5.32 Å². The van der Waals surface area contributed by atoms with Gasteiger partial charge in [0.15, 0.2) is 6.61 Å². The summed E-state index contributed by atoms with van der Waals surface area (Å²) < 4.78 is 18.0. The molecule has 2 rings (SSSR count). The number of hydrogen-bond acceptors (Lipinski definition) is 5. The van der Waals surface area contributed by atoms with Crippen molar-refractivity contribution in [3.05, 3.63) is 59.9 Å². The Morgan fingerprint density at radius 3 is 2.76 bits per heavy atom. The number of esters is 1. The van der Waals surface area contributed by atoms with Crippen LogP contribution < -0.4 is 5.32 Å². The molecule has 0 spiro atoms. The van der Waals surface area contributed by atoms with Crippen molar-refractivity contribution in [3.63, 3.8) is 0 Å². The number of carbonyl (C=O) groups is 2. The third kappa shape index (κ3) is 6.28. The number of hydrogen-bond donors (Lipinski definition) is 1. The molecule has 0 heterocycles. The molecule has 0 aliphatic carbocycles. The first-order valence-electron chi connectivity index (χ1n) is 7.37. The van der Waals surface area contributed by atoms with Crippen molar-refractivity contribution in [2.45, 2.75) is 11.3 Å². The number of ether oxygens (including phenoxy) is 1. The number of amides is 1. The molecule has 0 saturated heterocycles. The second-order valence-electron chi connectivity index (χ2n) is 4.96. The minimum Gasteiger partial charge on any atom is -0.455 e. The van der Waals surface area contributed by atoms with Crippen LogP contribution in [0.4, 0.5) is 10.1 Å². The second-order valence-corrected chi connectivity index (χ2v) is 5.98. The molecule has 0 saturated carbocycles. The van der Waals surface area contributed by atoms with Crippen molar-refractivity contribution in [3.8, 4) is 6.07 Å². The Hall–Kier alpha value is -2.85. The molecule has 7 heteroatoms. The first kappa shape index (κ1) is 18.5. The molecule has 25 heavy (non-hydrogen) atoms.